The third-order valence-corrected chi connectivity index (χ3v) is 5.62. The van der Waals surface area contributed by atoms with Crippen LogP contribution in [0, 0.1) is 0 Å². The van der Waals surface area contributed by atoms with Crippen molar-refractivity contribution in [1.29, 1.82) is 0 Å². The summed E-state index contributed by atoms with van der Waals surface area (Å²) < 4.78 is 8.98. The van der Waals surface area contributed by atoms with Crippen LogP contribution in [-0.2, 0) is 30.2 Å². The average Bonchev–Trinajstić information content (AvgIpc) is 3.14. The predicted octanol–water partition coefficient (Wildman–Crippen LogP) is 1.36. The second kappa shape index (κ2) is 9.21. The maximum Gasteiger partial charge on any atom is 0.338 e. The molecule has 0 unspecified atom stereocenters. The maximum atomic E-state index is 12.6. The summed E-state index contributed by atoms with van der Waals surface area (Å²) in [5, 5.41) is 3.23. The SMILES string of the molecule is CCOC(=O)c1ccc(NC(=O)CSc2nc3c(c(=O)n(C)c(=O)n3C)n2CC)cc1. The van der Waals surface area contributed by atoms with E-state index in [0.29, 0.717) is 28.5 Å². The van der Waals surface area contributed by atoms with Crippen molar-refractivity contribution in [2.24, 2.45) is 14.1 Å². The van der Waals surface area contributed by atoms with Gasteiger partial charge in [0.05, 0.1) is 17.9 Å². The van der Waals surface area contributed by atoms with Crippen molar-refractivity contribution in [2.75, 3.05) is 17.7 Å². The van der Waals surface area contributed by atoms with Gasteiger partial charge in [-0.25, -0.2) is 14.6 Å². The van der Waals surface area contributed by atoms with Crippen LogP contribution in [-0.4, -0.2) is 42.9 Å². The molecule has 0 fully saturated rings. The van der Waals surface area contributed by atoms with Gasteiger partial charge in [0, 0.05) is 26.3 Å². The molecule has 164 valence electrons. The van der Waals surface area contributed by atoms with Gasteiger partial charge in [-0.3, -0.25) is 18.7 Å². The van der Waals surface area contributed by atoms with E-state index in [1.165, 1.54) is 23.4 Å². The van der Waals surface area contributed by atoms with Crippen LogP contribution in [0.1, 0.15) is 24.2 Å². The smallest absolute Gasteiger partial charge is 0.338 e. The van der Waals surface area contributed by atoms with Crippen molar-refractivity contribution in [3.05, 3.63) is 50.7 Å². The van der Waals surface area contributed by atoms with E-state index in [-0.39, 0.29) is 23.9 Å². The number of aryl methyl sites for hydroxylation is 2. The number of anilines is 1. The van der Waals surface area contributed by atoms with E-state index in [0.717, 1.165) is 4.57 Å². The number of aromatic nitrogens is 4. The molecule has 3 aromatic rings. The van der Waals surface area contributed by atoms with Crippen molar-refractivity contribution in [1.82, 2.24) is 18.7 Å². The highest BCUT2D eigenvalue weighted by Crippen LogP contribution is 2.22. The Labute approximate surface area is 181 Å². The number of fused-ring (bicyclic) bond motifs is 1. The van der Waals surface area contributed by atoms with E-state index in [4.69, 9.17) is 4.74 Å². The average molecular weight is 446 g/mol. The van der Waals surface area contributed by atoms with Crippen LogP contribution in [0.5, 0.6) is 0 Å². The molecule has 11 heteroatoms. The number of imidazole rings is 1. The lowest BCUT2D eigenvalue weighted by molar-refractivity contribution is -0.113. The van der Waals surface area contributed by atoms with Gasteiger partial charge in [0.2, 0.25) is 5.91 Å². The quantitative estimate of drug-likeness (QED) is 0.431. The summed E-state index contributed by atoms with van der Waals surface area (Å²) >= 11 is 1.17. The number of amides is 1. The molecule has 0 atom stereocenters. The number of esters is 1. The third kappa shape index (κ3) is 4.41. The number of carbonyl (C=O) groups excluding carboxylic acids is 2. The summed E-state index contributed by atoms with van der Waals surface area (Å²) in [6, 6.07) is 6.40. The van der Waals surface area contributed by atoms with Gasteiger partial charge in [-0.2, -0.15) is 0 Å². The number of nitrogens with zero attached hydrogens (tertiary/aromatic N) is 4. The highest BCUT2D eigenvalue weighted by Gasteiger charge is 2.19. The van der Waals surface area contributed by atoms with Gasteiger partial charge in [-0.05, 0) is 38.1 Å². The summed E-state index contributed by atoms with van der Waals surface area (Å²) in [5.41, 5.74) is 0.665. The van der Waals surface area contributed by atoms with Crippen molar-refractivity contribution in [2.45, 2.75) is 25.5 Å². The predicted molar refractivity (Wildman–Crippen MR) is 118 cm³/mol. The molecule has 0 aliphatic rings. The first-order valence-corrected chi connectivity index (χ1v) is 10.6. The van der Waals surface area contributed by atoms with Gasteiger partial charge in [-0.15, -0.1) is 0 Å². The van der Waals surface area contributed by atoms with Crippen LogP contribution >= 0.6 is 11.8 Å². The Hall–Kier alpha value is -3.34. The second-order valence-corrected chi connectivity index (χ2v) is 7.59. The number of rotatable bonds is 7. The normalized spacial score (nSPS) is 11.0. The van der Waals surface area contributed by atoms with Crippen molar-refractivity contribution < 1.29 is 14.3 Å². The fourth-order valence-corrected chi connectivity index (χ4v) is 3.92. The molecule has 1 aromatic carbocycles. The van der Waals surface area contributed by atoms with Crippen LogP contribution in [0.4, 0.5) is 5.69 Å². The van der Waals surface area contributed by atoms with E-state index in [1.54, 1.807) is 42.8 Å². The summed E-state index contributed by atoms with van der Waals surface area (Å²) in [6.07, 6.45) is 0. The number of benzene rings is 1. The van der Waals surface area contributed by atoms with Gasteiger partial charge in [0.25, 0.3) is 5.56 Å². The van der Waals surface area contributed by atoms with Crippen LogP contribution < -0.4 is 16.6 Å². The first-order valence-electron chi connectivity index (χ1n) is 9.64. The topological polar surface area (TPSA) is 117 Å². The Morgan fingerprint density at radius 1 is 1.10 bits per heavy atom. The lowest BCUT2D eigenvalue weighted by Crippen LogP contribution is -2.37. The highest BCUT2D eigenvalue weighted by molar-refractivity contribution is 7.99. The summed E-state index contributed by atoms with van der Waals surface area (Å²) in [7, 11) is 2.98. The minimum absolute atomic E-state index is 0.0528. The van der Waals surface area contributed by atoms with Crippen LogP contribution in [0.25, 0.3) is 11.2 Å². The first-order chi connectivity index (χ1) is 14.8. The van der Waals surface area contributed by atoms with Gasteiger partial charge in [-0.1, -0.05) is 11.8 Å². The zero-order valence-electron chi connectivity index (χ0n) is 17.7. The van der Waals surface area contributed by atoms with Crippen molar-refractivity contribution in [3.63, 3.8) is 0 Å². The van der Waals surface area contributed by atoms with E-state index in [2.05, 4.69) is 10.3 Å². The monoisotopic (exact) mass is 445 g/mol. The molecule has 0 bridgehead atoms. The summed E-state index contributed by atoms with van der Waals surface area (Å²) in [6.45, 7) is 4.34. The number of hydrogen-bond acceptors (Lipinski definition) is 7. The molecule has 0 aliphatic heterocycles. The van der Waals surface area contributed by atoms with E-state index in [9.17, 15) is 19.2 Å². The minimum Gasteiger partial charge on any atom is -0.462 e. The highest BCUT2D eigenvalue weighted by atomic mass is 32.2. The molecule has 0 saturated carbocycles. The van der Waals surface area contributed by atoms with Crippen LogP contribution in [0.3, 0.4) is 0 Å². The third-order valence-electron chi connectivity index (χ3n) is 4.64. The summed E-state index contributed by atoms with van der Waals surface area (Å²) in [5.74, 6) is -0.641. The zero-order chi connectivity index (χ0) is 22.7. The van der Waals surface area contributed by atoms with Crippen LogP contribution in [0.15, 0.2) is 39.0 Å². The fraction of sp³-hybridized carbons (Fsp3) is 0.350. The molecule has 31 heavy (non-hydrogen) atoms. The molecule has 1 amide bonds. The Balaban J connectivity index is 1.75. The number of thioether (sulfide) groups is 1. The minimum atomic E-state index is -0.459. The molecule has 1 N–H and O–H groups in total. The van der Waals surface area contributed by atoms with Crippen molar-refractivity contribution in [3.8, 4) is 0 Å². The van der Waals surface area contributed by atoms with Gasteiger partial charge in [0.1, 0.15) is 0 Å². The number of carbonyl (C=O) groups is 2. The van der Waals surface area contributed by atoms with E-state index < -0.39 is 17.2 Å². The molecule has 3 rings (SSSR count). The van der Waals surface area contributed by atoms with Gasteiger partial charge < -0.3 is 14.6 Å². The second-order valence-electron chi connectivity index (χ2n) is 6.65. The molecular formula is C20H23N5O5S. The fourth-order valence-electron chi connectivity index (χ4n) is 3.06. The molecule has 2 aromatic heterocycles. The lowest BCUT2D eigenvalue weighted by Gasteiger charge is -2.08. The summed E-state index contributed by atoms with van der Waals surface area (Å²) in [4.78, 5) is 53.2. The van der Waals surface area contributed by atoms with Gasteiger partial charge in [0.15, 0.2) is 16.3 Å². The van der Waals surface area contributed by atoms with Gasteiger partial charge >= 0.3 is 11.7 Å². The Kier molecular flexibility index (Phi) is 6.64. The Bertz CT molecular complexity index is 1260. The molecule has 0 spiro atoms. The van der Waals surface area contributed by atoms with Crippen LogP contribution in [0.2, 0.25) is 0 Å². The molecule has 2 heterocycles. The van der Waals surface area contributed by atoms with E-state index in [1.807, 2.05) is 6.92 Å². The largest absolute Gasteiger partial charge is 0.462 e. The Morgan fingerprint density at radius 3 is 2.39 bits per heavy atom. The molecule has 0 aliphatic carbocycles. The number of hydrogen-bond donors (Lipinski definition) is 1. The Morgan fingerprint density at radius 2 is 1.77 bits per heavy atom. The molecular weight excluding hydrogens is 422 g/mol. The standard InChI is InChI=1S/C20H23N5O5S/c1-5-25-15-16(23(3)20(29)24(4)17(15)27)22-19(25)31-11-14(26)21-13-9-7-12(8-10-13)18(28)30-6-2/h7-10H,5-6,11H2,1-4H3,(H,21,26). The maximum absolute atomic E-state index is 12.6. The van der Waals surface area contributed by atoms with E-state index >= 15 is 0 Å². The first kappa shape index (κ1) is 22.3. The molecule has 10 nitrogen and oxygen atoms in total. The number of ether oxygens (including phenoxy) is 1. The molecule has 0 saturated heterocycles. The zero-order valence-corrected chi connectivity index (χ0v) is 18.5. The van der Waals surface area contributed by atoms with Crippen molar-refractivity contribution >= 4 is 40.5 Å². The molecule has 0 radical (unpaired) electrons. The lowest BCUT2D eigenvalue weighted by atomic mass is 10.2. The number of nitrogens with one attached hydrogen (secondary N) is 1.